The van der Waals surface area contributed by atoms with Gasteiger partial charge >= 0.3 is 0 Å². The van der Waals surface area contributed by atoms with Crippen molar-refractivity contribution < 1.29 is 9.59 Å². The monoisotopic (exact) mass is 267 g/mol. The summed E-state index contributed by atoms with van der Waals surface area (Å²) < 4.78 is 0. The lowest BCUT2D eigenvalue weighted by molar-refractivity contribution is -0.147. The molecule has 2 heterocycles. The number of nitrogens with two attached hydrogens (primary N) is 1. The Kier molecular flexibility index (Phi) is 4.13. The topological polar surface area (TPSA) is 75.4 Å². The van der Waals surface area contributed by atoms with Crippen molar-refractivity contribution in [3.63, 3.8) is 0 Å². The number of primary amides is 1. The summed E-state index contributed by atoms with van der Waals surface area (Å²) in [6.45, 7) is 6.30. The molecule has 0 saturated carbocycles. The maximum absolute atomic E-state index is 12.9. The number of amides is 2. The summed E-state index contributed by atoms with van der Waals surface area (Å²) in [5, 5.41) is 3.29. The van der Waals surface area contributed by atoms with Gasteiger partial charge in [-0.05, 0) is 39.2 Å². The maximum atomic E-state index is 12.9. The van der Waals surface area contributed by atoms with Gasteiger partial charge in [0.1, 0.15) is 0 Å². The lowest BCUT2D eigenvalue weighted by Crippen LogP contribution is -2.54. The van der Waals surface area contributed by atoms with Gasteiger partial charge in [-0.1, -0.05) is 6.92 Å². The zero-order valence-corrected chi connectivity index (χ0v) is 11.9. The van der Waals surface area contributed by atoms with Crippen LogP contribution in [0, 0.1) is 11.3 Å². The van der Waals surface area contributed by atoms with E-state index in [0.29, 0.717) is 6.54 Å². The molecule has 0 spiro atoms. The number of piperidine rings is 1. The first kappa shape index (κ1) is 14.3. The standard InChI is InChI=1S/C14H25N3O2/c1-3-14(6-7-16-9-14)13(19)17-8-11(12(15)18)5-4-10(17)2/h10-11,16H,3-9H2,1-2H3,(H2,15,18). The molecule has 0 aromatic heterocycles. The summed E-state index contributed by atoms with van der Waals surface area (Å²) in [7, 11) is 0. The molecule has 2 aliphatic rings. The quantitative estimate of drug-likeness (QED) is 0.781. The second-order valence-electron chi connectivity index (χ2n) is 6.04. The van der Waals surface area contributed by atoms with Gasteiger partial charge in [-0.25, -0.2) is 0 Å². The third kappa shape index (κ3) is 2.61. The zero-order valence-electron chi connectivity index (χ0n) is 11.9. The molecule has 108 valence electrons. The first-order valence-corrected chi connectivity index (χ1v) is 7.31. The van der Waals surface area contributed by atoms with Crippen LogP contribution in [-0.2, 0) is 9.59 Å². The summed E-state index contributed by atoms with van der Waals surface area (Å²) >= 11 is 0. The number of rotatable bonds is 3. The molecule has 2 saturated heterocycles. The number of nitrogens with zero attached hydrogens (tertiary/aromatic N) is 1. The Bertz CT molecular complexity index is 364. The summed E-state index contributed by atoms with van der Waals surface area (Å²) in [5.41, 5.74) is 5.13. The highest BCUT2D eigenvalue weighted by atomic mass is 16.2. The molecule has 3 atom stereocenters. The molecule has 0 aromatic rings. The Morgan fingerprint density at radius 1 is 1.42 bits per heavy atom. The lowest BCUT2D eigenvalue weighted by atomic mass is 9.81. The van der Waals surface area contributed by atoms with E-state index in [-0.39, 0.29) is 29.2 Å². The highest BCUT2D eigenvalue weighted by Gasteiger charge is 2.44. The molecule has 3 N–H and O–H groups in total. The van der Waals surface area contributed by atoms with E-state index in [4.69, 9.17) is 5.73 Å². The fraction of sp³-hybridized carbons (Fsp3) is 0.857. The van der Waals surface area contributed by atoms with Crippen LogP contribution in [0.15, 0.2) is 0 Å². The molecular formula is C14H25N3O2. The molecular weight excluding hydrogens is 242 g/mol. The highest BCUT2D eigenvalue weighted by Crippen LogP contribution is 2.34. The van der Waals surface area contributed by atoms with Crippen molar-refractivity contribution in [1.82, 2.24) is 10.2 Å². The van der Waals surface area contributed by atoms with Crippen molar-refractivity contribution >= 4 is 11.8 Å². The maximum Gasteiger partial charge on any atom is 0.230 e. The molecule has 3 unspecified atom stereocenters. The molecule has 2 amide bonds. The number of hydrogen-bond donors (Lipinski definition) is 2. The van der Waals surface area contributed by atoms with Crippen molar-refractivity contribution in [2.75, 3.05) is 19.6 Å². The third-order valence-corrected chi connectivity index (χ3v) is 4.92. The molecule has 2 rings (SSSR count). The second kappa shape index (κ2) is 5.49. The largest absolute Gasteiger partial charge is 0.369 e. The van der Waals surface area contributed by atoms with Crippen molar-refractivity contribution in [3.8, 4) is 0 Å². The summed E-state index contributed by atoms with van der Waals surface area (Å²) in [6, 6.07) is 0.215. The van der Waals surface area contributed by atoms with Crippen LogP contribution in [0.25, 0.3) is 0 Å². The second-order valence-corrected chi connectivity index (χ2v) is 6.04. The minimum atomic E-state index is -0.278. The van der Waals surface area contributed by atoms with Gasteiger partial charge in [0.2, 0.25) is 11.8 Å². The number of hydrogen-bond acceptors (Lipinski definition) is 3. The molecule has 0 aromatic carbocycles. The predicted octanol–water partition coefficient (Wildman–Crippen LogP) is 0.489. The smallest absolute Gasteiger partial charge is 0.230 e. The SMILES string of the molecule is CCC1(C(=O)N2CC(C(N)=O)CCC2C)CCNC1. The molecule has 0 bridgehead atoms. The molecule has 0 radical (unpaired) electrons. The van der Waals surface area contributed by atoms with Crippen LogP contribution in [0.5, 0.6) is 0 Å². The fourth-order valence-electron chi connectivity index (χ4n) is 3.31. The van der Waals surface area contributed by atoms with Gasteiger partial charge in [-0.3, -0.25) is 9.59 Å². The van der Waals surface area contributed by atoms with E-state index in [1.807, 2.05) is 4.90 Å². The van der Waals surface area contributed by atoms with Crippen molar-refractivity contribution in [2.24, 2.45) is 17.1 Å². The summed E-state index contributed by atoms with van der Waals surface area (Å²) in [4.78, 5) is 26.1. The molecule has 19 heavy (non-hydrogen) atoms. The lowest BCUT2D eigenvalue weighted by Gasteiger charge is -2.41. The van der Waals surface area contributed by atoms with Crippen molar-refractivity contribution in [1.29, 1.82) is 0 Å². The van der Waals surface area contributed by atoms with E-state index in [9.17, 15) is 9.59 Å². The van der Waals surface area contributed by atoms with Gasteiger partial charge in [0.15, 0.2) is 0 Å². The van der Waals surface area contributed by atoms with Crippen LogP contribution in [0.2, 0.25) is 0 Å². The van der Waals surface area contributed by atoms with Crippen LogP contribution in [0.1, 0.15) is 39.5 Å². The van der Waals surface area contributed by atoms with Gasteiger partial charge in [0.05, 0.1) is 11.3 Å². The van der Waals surface area contributed by atoms with E-state index in [1.165, 1.54) is 0 Å². The van der Waals surface area contributed by atoms with E-state index in [0.717, 1.165) is 38.8 Å². The Labute approximate surface area is 114 Å². The number of carbonyl (C=O) groups excluding carboxylic acids is 2. The van der Waals surface area contributed by atoms with Crippen LogP contribution in [0.4, 0.5) is 0 Å². The van der Waals surface area contributed by atoms with E-state index >= 15 is 0 Å². The first-order valence-electron chi connectivity index (χ1n) is 7.31. The van der Waals surface area contributed by atoms with Crippen molar-refractivity contribution in [2.45, 2.75) is 45.6 Å². The van der Waals surface area contributed by atoms with E-state index in [2.05, 4.69) is 19.2 Å². The number of nitrogens with one attached hydrogen (secondary N) is 1. The van der Waals surface area contributed by atoms with Crippen LogP contribution in [0.3, 0.4) is 0 Å². The molecule has 0 aliphatic carbocycles. The van der Waals surface area contributed by atoms with Gasteiger partial charge in [0, 0.05) is 19.1 Å². The Balaban J connectivity index is 2.14. The molecule has 2 aliphatic heterocycles. The minimum absolute atomic E-state index is 0.177. The van der Waals surface area contributed by atoms with Gasteiger partial charge in [-0.15, -0.1) is 0 Å². The summed E-state index contributed by atoms with van der Waals surface area (Å²) in [6.07, 6.45) is 3.42. The first-order chi connectivity index (χ1) is 9.00. The average Bonchev–Trinajstić information content (AvgIpc) is 2.88. The third-order valence-electron chi connectivity index (χ3n) is 4.92. The van der Waals surface area contributed by atoms with E-state index in [1.54, 1.807) is 0 Å². The van der Waals surface area contributed by atoms with Gasteiger partial charge in [0.25, 0.3) is 0 Å². The molecule has 2 fully saturated rings. The predicted molar refractivity (Wildman–Crippen MR) is 73.3 cm³/mol. The Morgan fingerprint density at radius 2 is 2.16 bits per heavy atom. The van der Waals surface area contributed by atoms with Crippen LogP contribution >= 0.6 is 0 Å². The van der Waals surface area contributed by atoms with Crippen LogP contribution in [-0.4, -0.2) is 42.4 Å². The zero-order chi connectivity index (χ0) is 14.0. The van der Waals surface area contributed by atoms with Gasteiger partial charge < -0.3 is 16.0 Å². The normalized spacial score (nSPS) is 35.4. The average molecular weight is 267 g/mol. The Hall–Kier alpha value is -1.10. The minimum Gasteiger partial charge on any atom is -0.369 e. The molecule has 5 heteroatoms. The fourth-order valence-corrected chi connectivity index (χ4v) is 3.31. The van der Waals surface area contributed by atoms with Gasteiger partial charge in [-0.2, -0.15) is 0 Å². The van der Waals surface area contributed by atoms with Crippen LogP contribution < -0.4 is 11.1 Å². The van der Waals surface area contributed by atoms with E-state index < -0.39 is 0 Å². The number of likely N-dealkylation sites (tertiary alicyclic amines) is 1. The number of carbonyl (C=O) groups is 2. The van der Waals surface area contributed by atoms with Crippen molar-refractivity contribution in [3.05, 3.63) is 0 Å². The Morgan fingerprint density at radius 3 is 2.68 bits per heavy atom. The molecule has 5 nitrogen and oxygen atoms in total. The summed E-state index contributed by atoms with van der Waals surface area (Å²) in [5.74, 6) is -0.248. The highest BCUT2D eigenvalue weighted by molar-refractivity contribution is 5.85.